The second kappa shape index (κ2) is 8.82. The summed E-state index contributed by atoms with van der Waals surface area (Å²) < 4.78 is 0. The maximum atomic E-state index is 3.54. The molecule has 0 radical (unpaired) electrons. The Morgan fingerprint density at radius 3 is 1.20 bits per heavy atom. The van der Waals surface area contributed by atoms with Gasteiger partial charge in [0.1, 0.15) is 0 Å². The molecular formula is C4H8Cr. The quantitative estimate of drug-likeness (QED) is 0.446. The first kappa shape index (κ1) is 9.11. The summed E-state index contributed by atoms with van der Waals surface area (Å²) in [6.45, 7) is 7.08. The van der Waals surface area contributed by atoms with Crippen molar-refractivity contribution >= 4 is 0 Å². The SMILES string of the molecule is [CH2-]CC[CH2-].[Cr+2]. The molecule has 0 aromatic carbocycles. The molecule has 0 aliphatic carbocycles. The van der Waals surface area contributed by atoms with Gasteiger partial charge in [0.25, 0.3) is 0 Å². The van der Waals surface area contributed by atoms with Gasteiger partial charge in [0, 0.05) is 0 Å². The zero-order chi connectivity index (χ0) is 3.41. The van der Waals surface area contributed by atoms with Crippen molar-refractivity contribution in [1.29, 1.82) is 0 Å². The first-order chi connectivity index (χ1) is 1.91. The van der Waals surface area contributed by atoms with Gasteiger partial charge in [-0.15, -0.1) is 0 Å². The van der Waals surface area contributed by atoms with Crippen molar-refractivity contribution in [2.45, 2.75) is 12.8 Å². The molecule has 0 N–H and O–H groups in total. The molecule has 0 nitrogen and oxygen atoms in total. The Kier molecular flexibility index (Phi) is 16.1. The van der Waals surface area contributed by atoms with Gasteiger partial charge < -0.3 is 13.8 Å². The minimum atomic E-state index is 0. The molecule has 0 aliphatic heterocycles. The third kappa shape index (κ3) is 12.4. The minimum Gasteiger partial charge on any atom is -0.346 e. The van der Waals surface area contributed by atoms with Gasteiger partial charge in [-0.1, -0.05) is 0 Å². The van der Waals surface area contributed by atoms with Gasteiger partial charge in [-0.05, 0) is 0 Å². The van der Waals surface area contributed by atoms with Gasteiger partial charge in [-0.3, -0.25) is 0 Å². The van der Waals surface area contributed by atoms with Gasteiger partial charge in [0.15, 0.2) is 0 Å². The van der Waals surface area contributed by atoms with Crippen molar-refractivity contribution in [3.05, 3.63) is 13.8 Å². The molecule has 0 saturated heterocycles. The summed E-state index contributed by atoms with van der Waals surface area (Å²) in [5.74, 6) is 0. The first-order valence-corrected chi connectivity index (χ1v) is 1.50. The number of hydrogen-bond acceptors (Lipinski definition) is 0. The Labute approximate surface area is 44.7 Å². The van der Waals surface area contributed by atoms with Crippen LogP contribution in [-0.2, 0) is 17.4 Å². The fraction of sp³-hybridized carbons (Fsp3) is 0.500. The van der Waals surface area contributed by atoms with Crippen LogP contribution in [0.3, 0.4) is 0 Å². The molecule has 0 aromatic rings. The van der Waals surface area contributed by atoms with E-state index in [2.05, 4.69) is 13.8 Å². The molecule has 0 saturated carbocycles. The van der Waals surface area contributed by atoms with Gasteiger partial charge in [0.2, 0.25) is 0 Å². The summed E-state index contributed by atoms with van der Waals surface area (Å²) in [6, 6.07) is 0. The van der Waals surface area contributed by atoms with E-state index in [0.717, 1.165) is 12.8 Å². The van der Waals surface area contributed by atoms with Crippen molar-refractivity contribution in [2.24, 2.45) is 0 Å². The second-order valence-electron chi connectivity index (χ2n) is 0.707. The molecule has 0 unspecified atom stereocenters. The fourth-order valence-electron chi connectivity index (χ4n) is 0. The van der Waals surface area contributed by atoms with Crippen LogP contribution in [0.2, 0.25) is 0 Å². The van der Waals surface area contributed by atoms with Crippen LogP contribution in [0.4, 0.5) is 0 Å². The van der Waals surface area contributed by atoms with E-state index in [4.69, 9.17) is 0 Å². The molecular weight excluding hydrogens is 100 g/mol. The van der Waals surface area contributed by atoms with Crippen LogP contribution in [0.1, 0.15) is 12.8 Å². The van der Waals surface area contributed by atoms with E-state index in [0.29, 0.717) is 0 Å². The van der Waals surface area contributed by atoms with Crippen molar-refractivity contribution in [2.75, 3.05) is 0 Å². The zero-order valence-electron chi connectivity index (χ0n) is 3.24. The van der Waals surface area contributed by atoms with E-state index in [-0.39, 0.29) is 17.4 Å². The zero-order valence-corrected chi connectivity index (χ0v) is 4.51. The van der Waals surface area contributed by atoms with Crippen LogP contribution in [0.25, 0.3) is 0 Å². The summed E-state index contributed by atoms with van der Waals surface area (Å²) in [5.41, 5.74) is 0. The van der Waals surface area contributed by atoms with Crippen LogP contribution in [0.15, 0.2) is 0 Å². The summed E-state index contributed by atoms with van der Waals surface area (Å²) in [4.78, 5) is 0. The van der Waals surface area contributed by atoms with Crippen molar-refractivity contribution < 1.29 is 17.4 Å². The van der Waals surface area contributed by atoms with Crippen LogP contribution < -0.4 is 0 Å². The Morgan fingerprint density at radius 2 is 1.20 bits per heavy atom. The van der Waals surface area contributed by atoms with Crippen molar-refractivity contribution in [3.8, 4) is 0 Å². The predicted octanol–water partition coefficient (Wildman–Crippen LogP) is 1.43. The molecule has 0 atom stereocenters. The Bertz CT molecular complexity index is 5.61. The molecule has 0 fully saturated rings. The van der Waals surface area contributed by atoms with Gasteiger partial charge in [-0.25, -0.2) is 12.8 Å². The normalized spacial score (nSPS) is 6.00. The van der Waals surface area contributed by atoms with E-state index >= 15 is 0 Å². The van der Waals surface area contributed by atoms with Gasteiger partial charge >= 0.3 is 17.4 Å². The van der Waals surface area contributed by atoms with E-state index in [1.807, 2.05) is 0 Å². The van der Waals surface area contributed by atoms with Crippen molar-refractivity contribution in [1.82, 2.24) is 0 Å². The van der Waals surface area contributed by atoms with Crippen LogP contribution in [0.5, 0.6) is 0 Å². The number of rotatable bonds is 1. The topological polar surface area (TPSA) is 0 Å². The van der Waals surface area contributed by atoms with Crippen LogP contribution in [0, 0.1) is 13.8 Å². The summed E-state index contributed by atoms with van der Waals surface area (Å²) in [7, 11) is 0. The molecule has 0 aliphatic rings. The molecule has 0 aromatic heterocycles. The van der Waals surface area contributed by atoms with Crippen LogP contribution >= 0.6 is 0 Å². The number of unbranched alkanes of at least 4 members (excludes halogenated alkanes) is 1. The monoisotopic (exact) mass is 108 g/mol. The molecule has 0 spiro atoms. The average Bonchev–Trinajstić information content (AvgIpc) is 1.37. The molecule has 5 heavy (non-hydrogen) atoms. The molecule has 1 heteroatoms. The van der Waals surface area contributed by atoms with Crippen molar-refractivity contribution in [3.63, 3.8) is 0 Å². The second-order valence-corrected chi connectivity index (χ2v) is 0.707. The number of hydrogen-bond donors (Lipinski definition) is 0. The summed E-state index contributed by atoms with van der Waals surface area (Å²) in [6.07, 6.45) is 1.92. The molecule has 30 valence electrons. The summed E-state index contributed by atoms with van der Waals surface area (Å²) in [5, 5.41) is 0. The average molecular weight is 108 g/mol. The third-order valence-electron chi connectivity index (χ3n) is 0.250. The minimum absolute atomic E-state index is 0. The Morgan fingerprint density at radius 1 is 1.00 bits per heavy atom. The Hall–Kier alpha value is 0.532. The maximum absolute atomic E-state index is 3.54. The van der Waals surface area contributed by atoms with E-state index in [1.165, 1.54) is 0 Å². The predicted molar refractivity (Wildman–Crippen MR) is 19.9 cm³/mol. The first-order valence-electron chi connectivity index (χ1n) is 1.50. The standard InChI is InChI=1S/C4H8.Cr/c1-3-4-2;/h1-4H2;/q-2;+2. The molecule has 0 amide bonds. The smallest absolute Gasteiger partial charge is 0.346 e. The maximum Gasteiger partial charge on any atom is 2.00 e. The van der Waals surface area contributed by atoms with Gasteiger partial charge in [0.05, 0.1) is 0 Å². The fourth-order valence-corrected chi connectivity index (χ4v) is 0. The Balaban J connectivity index is 0. The summed E-state index contributed by atoms with van der Waals surface area (Å²) >= 11 is 0. The third-order valence-corrected chi connectivity index (χ3v) is 0.250. The largest absolute Gasteiger partial charge is 2.00 e. The molecule has 0 bridgehead atoms. The van der Waals surface area contributed by atoms with E-state index in [1.54, 1.807) is 0 Å². The van der Waals surface area contributed by atoms with E-state index < -0.39 is 0 Å². The molecule has 0 heterocycles. The van der Waals surface area contributed by atoms with Crippen LogP contribution in [-0.4, -0.2) is 0 Å². The molecule has 0 rings (SSSR count). The van der Waals surface area contributed by atoms with E-state index in [9.17, 15) is 0 Å². The van der Waals surface area contributed by atoms with Gasteiger partial charge in [-0.2, -0.15) is 0 Å².